The van der Waals surface area contributed by atoms with Crippen LogP contribution < -0.4 is 15.4 Å². The second kappa shape index (κ2) is 14.7. The Hall–Kier alpha value is -2.60. The van der Waals surface area contributed by atoms with Crippen LogP contribution in [-0.2, 0) is 14.4 Å². The van der Waals surface area contributed by atoms with Crippen molar-refractivity contribution in [3.05, 3.63) is 47.8 Å². The number of carbonyl (C=O) groups excluding carboxylic acids is 3. The summed E-state index contributed by atoms with van der Waals surface area (Å²) in [6.45, 7) is 10.8. The van der Waals surface area contributed by atoms with Crippen LogP contribution >= 0.6 is 23.5 Å². The van der Waals surface area contributed by atoms with Crippen molar-refractivity contribution in [3.63, 3.8) is 0 Å². The molecule has 0 bridgehead atoms. The SMILES string of the molecule is CNC(C)(C)C.COc1ccc(F)cc1SN1CC(NC=O)C(=O)N2C(CC3=CCC(Cl)C=C3)C(=O)N(C(C)C)CC12. The molecule has 0 spiro atoms. The largest absolute Gasteiger partial charge is 0.496 e. The third-order valence-electron chi connectivity index (χ3n) is 7.37. The molecule has 2 N–H and O–H groups in total. The molecule has 3 amide bonds. The van der Waals surface area contributed by atoms with Crippen LogP contribution in [0, 0.1) is 5.82 Å². The number of piperazine rings is 1. The second-order valence-corrected chi connectivity index (χ2v) is 13.4. The zero-order chi connectivity index (χ0) is 31.2. The number of rotatable bonds is 8. The first kappa shape index (κ1) is 33.9. The number of alkyl halides is 1. The lowest BCUT2D eigenvalue weighted by molar-refractivity contribution is -0.168. The van der Waals surface area contributed by atoms with Gasteiger partial charge in [-0.1, -0.05) is 18.2 Å². The van der Waals surface area contributed by atoms with Gasteiger partial charge in [-0.15, -0.1) is 11.6 Å². The van der Waals surface area contributed by atoms with E-state index in [-0.39, 0.29) is 36.3 Å². The minimum absolute atomic E-state index is 0.0817. The molecule has 0 radical (unpaired) electrons. The third-order valence-corrected chi connectivity index (χ3v) is 8.84. The number of carbonyl (C=O) groups is 3. The van der Waals surface area contributed by atoms with Crippen molar-refractivity contribution in [3.8, 4) is 5.75 Å². The number of hydrogen-bond donors (Lipinski definition) is 2. The van der Waals surface area contributed by atoms with E-state index in [4.69, 9.17) is 16.3 Å². The summed E-state index contributed by atoms with van der Waals surface area (Å²) in [4.78, 5) is 42.5. The third kappa shape index (κ3) is 8.49. The summed E-state index contributed by atoms with van der Waals surface area (Å²) in [6, 6.07) is 2.55. The topological polar surface area (TPSA) is 94.2 Å². The fourth-order valence-corrected chi connectivity index (χ4v) is 6.11. The van der Waals surface area contributed by atoms with Gasteiger partial charge in [0.05, 0.1) is 23.9 Å². The molecule has 12 heteroatoms. The van der Waals surface area contributed by atoms with Crippen LogP contribution in [0.4, 0.5) is 4.39 Å². The maximum absolute atomic E-state index is 14.1. The molecule has 4 atom stereocenters. The number of halogens is 2. The summed E-state index contributed by atoms with van der Waals surface area (Å²) < 4.78 is 21.5. The second-order valence-electron chi connectivity index (χ2n) is 11.7. The van der Waals surface area contributed by atoms with Crippen molar-refractivity contribution in [2.24, 2.45) is 0 Å². The highest BCUT2D eigenvalue weighted by Gasteiger charge is 2.51. The van der Waals surface area contributed by atoms with Gasteiger partial charge in [-0.2, -0.15) is 0 Å². The van der Waals surface area contributed by atoms with E-state index >= 15 is 0 Å². The highest BCUT2D eigenvalue weighted by molar-refractivity contribution is 7.97. The Morgan fingerprint density at radius 3 is 2.45 bits per heavy atom. The molecule has 4 unspecified atom stereocenters. The maximum Gasteiger partial charge on any atom is 0.248 e. The van der Waals surface area contributed by atoms with Crippen LogP contribution in [0.15, 0.2) is 46.9 Å². The van der Waals surface area contributed by atoms with E-state index in [0.29, 0.717) is 35.4 Å². The number of benzene rings is 1. The van der Waals surface area contributed by atoms with Crippen molar-refractivity contribution in [2.45, 2.75) is 87.6 Å². The summed E-state index contributed by atoms with van der Waals surface area (Å²) in [7, 11) is 3.46. The fourth-order valence-electron chi connectivity index (χ4n) is 4.78. The van der Waals surface area contributed by atoms with E-state index in [0.717, 1.165) is 5.57 Å². The first-order valence-corrected chi connectivity index (χ1v) is 15.3. The van der Waals surface area contributed by atoms with Crippen LogP contribution in [0.25, 0.3) is 0 Å². The molecule has 1 aromatic carbocycles. The van der Waals surface area contributed by atoms with E-state index in [1.165, 1.54) is 31.2 Å². The average molecular weight is 624 g/mol. The highest BCUT2D eigenvalue weighted by Crippen LogP contribution is 2.39. The number of nitrogens with zero attached hydrogens (tertiary/aromatic N) is 3. The predicted molar refractivity (Wildman–Crippen MR) is 165 cm³/mol. The smallest absolute Gasteiger partial charge is 0.248 e. The van der Waals surface area contributed by atoms with Crippen molar-refractivity contribution in [1.82, 2.24) is 24.7 Å². The van der Waals surface area contributed by atoms with Crippen LogP contribution in [0.2, 0.25) is 0 Å². The van der Waals surface area contributed by atoms with Crippen molar-refractivity contribution in [1.29, 1.82) is 0 Å². The molecule has 0 aromatic heterocycles. The molecule has 1 aromatic rings. The van der Waals surface area contributed by atoms with Crippen molar-refractivity contribution < 1.29 is 23.5 Å². The Kier molecular flexibility index (Phi) is 11.9. The number of amides is 3. The van der Waals surface area contributed by atoms with Crippen LogP contribution in [0.5, 0.6) is 5.75 Å². The lowest BCUT2D eigenvalue weighted by Crippen LogP contribution is -2.74. The predicted octanol–water partition coefficient (Wildman–Crippen LogP) is 3.93. The van der Waals surface area contributed by atoms with Crippen molar-refractivity contribution in [2.75, 3.05) is 27.2 Å². The first-order chi connectivity index (χ1) is 19.8. The van der Waals surface area contributed by atoms with E-state index in [1.54, 1.807) is 15.9 Å². The summed E-state index contributed by atoms with van der Waals surface area (Å²) >= 11 is 7.42. The molecule has 3 aliphatic rings. The highest BCUT2D eigenvalue weighted by atomic mass is 35.5. The van der Waals surface area contributed by atoms with Gasteiger partial charge in [0.2, 0.25) is 18.2 Å². The Bertz CT molecular complexity index is 1190. The molecule has 9 nitrogen and oxygen atoms in total. The average Bonchev–Trinajstić information content (AvgIpc) is 2.93. The number of nitrogens with one attached hydrogen (secondary N) is 2. The lowest BCUT2D eigenvalue weighted by Gasteiger charge is -2.54. The quantitative estimate of drug-likeness (QED) is 0.257. The van der Waals surface area contributed by atoms with E-state index in [1.807, 2.05) is 43.4 Å². The minimum Gasteiger partial charge on any atom is -0.496 e. The molecule has 2 fully saturated rings. The molecule has 2 heterocycles. The van der Waals surface area contributed by atoms with Gasteiger partial charge in [0.1, 0.15) is 29.8 Å². The summed E-state index contributed by atoms with van der Waals surface area (Å²) in [5.74, 6) is -0.383. The molecule has 232 valence electrons. The fraction of sp³-hybridized carbons (Fsp3) is 0.567. The molecule has 42 heavy (non-hydrogen) atoms. The molecule has 2 saturated heterocycles. The van der Waals surface area contributed by atoms with Gasteiger partial charge < -0.3 is 25.2 Å². The van der Waals surface area contributed by atoms with Gasteiger partial charge in [-0.05, 0) is 83.8 Å². The zero-order valence-electron chi connectivity index (χ0n) is 25.4. The van der Waals surface area contributed by atoms with Crippen molar-refractivity contribution >= 4 is 41.8 Å². The lowest BCUT2D eigenvalue weighted by atomic mass is 9.94. The Labute approximate surface area is 258 Å². The number of fused-ring (bicyclic) bond motifs is 1. The zero-order valence-corrected chi connectivity index (χ0v) is 27.0. The van der Waals surface area contributed by atoms with E-state index in [2.05, 4.69) is 31.4 Å². The van der Waals surface area contributed by atoms with Gasteiger partial charge in [-0.25, -0.2) is 8.70 Å². The summed E-state index contributed by atoms with van der Waals surface area (Å²) in [5.41, 5.74) is 1.22. The van der Waals surface area contributed by atoms with E-state index in [9.17, 15) is 18.8 Å². The van der Waals surface area contributed by atoms with Gasteiger partial charge in [-0.3, -0.25) is 14.4 Å². The summed E-state index contributed by atoms with van der Waals surface area (Å²) in [5, 5.41) is 5.61. The number of hydrogen-bond acceptors (Lipinski definition) is 7. The number of methoxy groups -OCH3 is 1. The number of allylic oxidation sites excluding steroid dienone is 3. The van der Waals surface area contributed by atoms with Gasteiger partial charge in [0.25, 0.3) is 0 Å². The van der Waals surface area contributed by atoms with Gasteiger partial charge >= 0.3 is 0 Å². The molecule has 4 rings (SSSR count). The minimum atomic E-state index is -0.852. The Balaban J connectivity index is 0.000000730. The molecular weight excluding hydrogens is 581 g/mol. The van der Waals surface area contributed by atoms with Crippen LogP contribution in [0.3, 0.4) is 0 Å². The normalized spacial score (nSPS) is 24.6. The monoisotopic (exact) mass is 623 g/mol. The Morgan fingerprint density at radius 1 is 1.21 bits per heavy atom. The molecular formula is C30H43ClFN5O4S. The van der Waals surface area contributed by atoms with Gasteiger partial charge in [0.15, 0.2) is 0 Å². The van der Waals surface area contributed by atoms with Gasteiger partial charge in [0, 0.05) is 24.5 Å². The Morgan fingerprint density at radius 2 is 1.90 bits per heavy atom. The van der Waals surface area contributed by atoms with Crippen LogP contribution in [-0.4, -0.2) is 94.8 Å². The summed E-state index contributed by atoms with van der Waals surface area (Å²) in [6.07, 6.45) is 6.76. The molecule has 2 aliphatic heterocycles. The van der Waals surface area contributed by atoms with Crippen LogP contribution in [0.1, 0.15) is 47.5 Å². The van der Waals surface area contributed by atoms with E-state index < -0.39 is 24.1 Å². The maximum atomic E-state index is 14.1. The number of ether oxygens (including phenoxy) is 1. The molecule has 1 aliphatic carbocycles. The first-order valence-electron chi connectivity index (χ1n) is 14.1. The molecule has 0 saturated carbocycles. The standard InChI is InChI=1S/C25H30ClFN4O4S.C5H13N/c1-15(2)29-13-23-30(36-22-11-18(27)8-9-21(22)35-3)12-19(28-14-32)24(33)31(23)20(25(29)34)10-16-4-6-17(26)7-5-16;1-5(2,3)6-4/h4-6,8-9,11,14-15,17,19-20,23H,7,10,12-13H2,1-3H3,(H,28,32);6H,1-4H3.